The van der Waals surface area contributed by atoms with E-state index < -0.39 is 12.0 Å². The van der Waals surface area contributed by atoms with E-state index in [0.717, 1.165) is 68.0 Å². The predicted molar refractivity (Wildman–Crippen MR) is 134 cm³/mol. The molecule has 186 valence electrons. The Balaban J connectivity index is 1.34. The van der Waals surface area contributed by atoms with Crippen molar-refractivity contribution < 1.29 is 19.0 Å². The number of fused-ring (bicyclic) bond motifs is 3. The Morgan fingerprint density at radius 3 is 2.76 bits per heavy atom. The maximum absolute atomic E-state index is 11.8. The third-order valence-corrected chi connectivity index (χ3v) is 9.57. The molecule has 2 N–H and O–H groups in total. The molecular formula is C26H37N3O4S. The van der Waals surface area contributed by atoms with Gasteiger partial charge in [-0.25, -0.2) is 4.98 Å². The van der Waals surface area contributed by atoms with Gasteiger partial charge < -0.3 is 19.9 Å². The van der Waals surface area contributed by atoms with Crippen molar-refractivity contribution in [2.75, 3.05) is 33.4 Å². The number of ether oxygens (including phenoxy) is 3. The van der Waals surface area contributed by atoms with Crippen molar-refractivity contribution in [3.8, 4) is 5.75 Å². The number of carbonyl (C=O) groups is 1. The molecule has 1 amide bonds. The minimum atomic E-state index is -0.562. The predicted octanol–water partition coefficient (Wildman–Crippen LogP) is 4.02. The normalized spacial score (nSPS) is 28.6. The molecule has 1 saturated heterocycles. The number of morpholine rings is 1. The lowest BCUT2D eigenvalue weighted by molar-refractivity contribution is -0.128. The first-order chi connectivity index (χ1) is 16.5. The summed E-state index contributed by atoms with van der Waals surface area (Å²) in [5.41, 5.74) is 7.16. The molecule has 5 rings (SSSR count). The van der Waals surface area contributed by atoms with E-state index >= 15 is 0 Å². The second-order valence-electron chi connectivity index (χ2n) is 10.0. The fourth-order valence-corrected chi connectivity index (χ4v) is 7.67. The van der Waals surface area contributed by atoms with Gasteiger partial charge in [0.05, 0.1) is 24.7 Å². The van der Waals surface area contributed by atoms with Crippen LogP contribution in [-0.2, 0) is 20.7 Å². The van der Waals surface area contributed by atoms with Crippen LogP contribution < -0.4 is 10.5 Å². The molecule has 2 fully saturated rings. The highest BCUT2D eigenvalue weighted by Crippen LogP contribution is 2.49. The molecule has 8 heteroatoms. The number of hydrogen-bond donors (Lipinski definition) is 1. The first-order valence-corrected chi connectivity index (χ1v) is 13.6. The summed E-state index contributed by atoms with van der Waals surface area (Å²) < 4.78 is 17.7. The van der Waals surface area contributed by atoms with Gasteiger partial charge in [-0.2, -0.15) is 0 Å². The van der Waals surface area contributed by atoms with Gasteiger partial charge in [-0.15, -0.1) is 11.3 Å². The summed E-state index contributed by atoms with van der Waals surface area (Å²) in [7, 11) is 1.56. The maximum atomic E-state index is 11.8. The van der Waals surface area contributed by atoms with Crippen molar-refractivity contribution in [1.82, 2.24) is 9.88 Å². The van der Waals surface area contributed by atoms with Crippen LogP contribution in [0.1, 0.15) is 68.2 Å². The molecule has 1 aliphatic heterocycles. The Bertz CT molecular complexity index is 1010. The third kappa shape index (κ3) is 4.45. The molecular weight excluding hydrogens is 450 g/mol. The van der Waals surface area contributed by atoms with Gasteiger partial charge in [0.1, 0.15) is 16.7 Å². The number of nitrogens with zero attached hydrogens (tertiary/aromatic N) is 2. The highest BCUT2D eigenvalue weighted by Gasteiger charge is 2.40. The first-order valence-electron chi connectivity index (χ1n) is 12.8. The largest absolute Gasteiger partial charge is 0.490 e. The maximum Gasteiger partial charge on any atom is 0.246 e. The summed E-state index contributed by atoms with van der Waals surface area (Å²) in [6.07, 6.45) is 9.82. The van der Waals surface area contributed by atoms with Crippen LogP contribution in [0, 0.1) is 0 Å². The van der Waals surface area contributed by atoms with Crippen LogP contribution >= 0.6 is 11.3 Å². The van der Waals surface area contributed by atoms with Crippen LogP contribution in [0.5, 0.6) is 5.75 Å². The molecule has 7 nitrogen and oxygen atoms in total. The molecule has 1 saturated carbocycles. The number of amides is 1. The number of nitrogens with two attached hydrogens (primary N) is 1. The zero-order chi connectivity index (χ0) is 23.7. The fourth-order valence-electron chi connectivity index (χ4n) is 6.41. The van der Waals surface area contributed by atoms with Gasteiger partial charge in [0, 0.05) is 36.8 Å². The van der Waals surface area contributed by atoms with E-state index in [2.05, 4.69) is 16.8 Å². The van der Waals surface area contributed by atoms with Gasteiger partial charge in [0.2, 0.25) is 5.91 Å². The summed E-state index contributed by atoms with van der Waals surface area (Å²) in [5.74, 6) is 0.794. The number of pyridine rings is 1. The molecule has 3 aliphatic rings. The number of rotatable bonds is 8. The molecule has 0 unspecified atom stereocenters. The van der Waals surface area contributed by atoms with Crippen molar-refractivity contribution in [1.29, 1.82) is 0 Å². The average Bonchev–Trinajstić information content (AvgIpc) is 3.43. The van der Waals surface area contributed by atoms with Crippen molar-refractivity contribution in [2.24, 2.45) is 5.73 Å². The minimum Gasteiger partial charge on any atom is -0.490 e. The third-order valence-electron chi connectivity index (χ3n) is 8.39. The number of methoxy groups -OCH3 is 1. The van der Waals surface area contributed by atoms with E-state index in [9.17, 15) is 4.79 Å². The number of aromatic nitrogens is 1. The number of hydrogen-bond acceptors (Lipinski definition) is 7. The van der Waals surface area contributed by atoms with Crippen molar-refractivity contribution in [3.63, 3.8) is 0 Å². The Hall–Kier alpha value is -1.74. The van der Waals surface area contributed by atoms with Crippen LogP contribution in [0.4, 0.5) is 0 Å². The lowest BCUT2D eigenvalue weighted by atomic mass is 9.77. The smallest absolute Gasteiger partial charge is 0.246 e. The molecule has 0 radical (unpaired) electrons. The minimum absolute atomic E-state index is 0.221. The molecule has 0 spiro atoms. The number of thiophene rings is 1. The quantitative estimate of drug-likeness (QED) is 0.605. The Morgan fingerprint density at radius 1 is 1.32 bits per heavy atom. The van der Waals surface area contributed by atoms with Gasteiger partial charge in [0.15, 0.2) is 0 Å². The summed E-state index contributed by atoms with van der Waals surface area (Å²) in [4.78, 5) is 21.5. The van der Waals surface area contributed by atoms with E-state index in [1.807, 2.05) is 12.3 Å². The van der Waals surface area contributed by atoms with Gasteiger partial charge in [-0.3, -0.25) is 9.69 Å². The molecule has 2 aliphatic carbocycles. The zero-order valence-electron chi connectivity index (χ0n) is 20.4. The van der Waals surface area contributed by atoms with Crippen molar-refractivity contribution in [2.45, 2.75) is 82.0 Å². The molecule has 2 aromatic rings. The topological polar surface area (TPSA) is 86.9 Å². The zero-order valence-corrected chi connectivity index (χ0v) is 21.2. The highest BCUT2D eigenvalue weighted by molar-refractivity contribution is 7.19. The summed E-state index contributed by atoms with van der Waals surface area (Å²) >= 11 is 1.76. The average molecular weight is 488 g/mol. The van der Waals surface area contributed by atoms with Gasteiger partial charge in [-0.1, -0.05) is 6.92 Å². The van der Waals surface area contributed by atoms with E-state index in [-0.39, 0.29) is 17.6 Å². The Kier molecular flexibility index (Phi) is 7.12. The van der Waals surface area contributed by atoms with Gasteiger partial charge in [-0.05, 0) is 68.9 Å². The van der Waals surface area contributed by atoms with Crippen molar-refractivity contribution in [3.05, 3.63) is 22.7 Å². The van der Waals surface area contributed by atoms with E-state index in [1.54, 1.807) is 18.4 Å². The Morgan fingerprint density at radius 2 is 2.09 bits per heavy atom. The van der Waals surface area contributed by atoms with Crippen LogP contribution in [0.3, 0.4) is 0 Å². The van der Waals surface area contributed by atoms with Crippen LogP contribution in [0.15, 0.2) is 12.3 Å². The Labute approximate surface area is 205 Å². The SMILES string of the molecule is CCC1(N2CCOCC2)CCC(Oc2ccnc3sc4c(c23)[C@@H](C[C@@H](OC)C(N)=O)CC4)CC1. The number of primary amides is 1. The summed E-state index contributed by atoms with van der Waals surface area (Å²) in [6.45, 7) is 6.11. The molecule has 2 aromatic heterocycles. The molecule has 2 atom stereocenters. The van der Waals surface area contributed by atoms with Crippen LogP contribution in [-0.4, -0.2) is 67.0 Å². The standard InChI is InChI=1S/C26H37N3O4S/c1-3-26(29-12-14-32-15-13-29)9-6-18(7-10-26)33-19-8-11-28-25-23(19)22-17(4-5-21(22)34-25)16-20(31-2)24(27)30/h8,11,17-18,20H,3-7,9-10,12-16H2,1-2H3,(H2,27,30)/t17-,18?,20-,26?/m1/s1. The van der Waals surface area contributed by atoms with Gasteiger partial charge >= 0.3 is 0 Å². The van der Waals surface area contributed by atoms with Crippen molar-refractivity contribution >= 4 is 27.5 Å². The first kappa shape index (κ1) is 24.0. The fraction of sp³-hybridized carbons (Fsp3) is 0.692. The second-order valence-corrected chi connectivity index (χ2v) is 11.1. The van der Waals surface area contributed by atoms with Gasteiger partial charge in [0.25, 0.3) is 0 Å². The van der Waals surface area contributed by atoms with E-state index in [0.29, 0.717) is 6.42 Å². The van der Waals surface area contributed by atoms with Crippen LogP contribution in [0.2, 0.25) is 0 Å². The molecule has 0 bridgehead atoms. The molecule has 34 heavy (non-hydrogen) atoms. The second kappa shape index (κ2) is 10.1. The lowest BCUT2D eigenvalue weighted by Gasteiger charge is -2.49. The number of aryl methyl sites for hydroxylation is 1. The number of carbonyl (C=O) groups excluding carboxylic acids is 1. The highest BCUT2D eigenvalue weighted by atomic mass is 32.1. The van der Waals surface area contributed by atoms with E-state index in [4.69, 9.17) is 19.9 Å². The summed E-state index contributed by atoms with van der Waals surface area (Å²) in [5, 5.41) is 1.14. The molecule has 0 aromatic carbocycles. The van der Waals surface area contributed by atoms with Crippen LogP contribution in [0.25, 0.3) is 10.2 Å². The lowest BCUT2D eigenvalue weighted by Crippen LogP contribution is -2.55. The monoisotopic (exact) mass is 487 g/mol. The van der Waals surface area contributed by atoms with E-state index in [1.165, 1.54) is 29.7 Å². The summed E-state index contributed by atoms with van der Waals surface area (Å²) in [6, 6.07) is 2.02. The molecule has 3 heterocycles.